The fraction of sp³-hybridized carbons (Fsp3) is 0.273. The molecule has 0 spiro atoms. The van der Waals surface area contributed by atoms with Gasteiger partial charge >= 0.3 is 0 Å². The van der Waals surface area contributed by atoms with Crippen LogP contribution in [0.25, 0.3) is 11.2 Å². The SMILES string of the molecule is Nc1nc(OCc2ccccc2)c2ncn(CC(=O)N3CC(COCc4ccccc4)C(OCc4ccccc4)C3)c2n1. The first kappa shape index (κ1) is 28.3. The van der Waals surface area contributed by atoms with E-state index in [4.69, 9.17) is 19.9 Å². The van der Waals surface area contributed by atoms with Crippen molar-refractivity contribution in [3.63, 3.8) is 0 Å². The lowest BCUT2D eigenvalue weighted by atomic mass is 10.1. The molecule has 3 aromatic carbocycles. The zero-order chi connectivity index (χ0) is 29.4. The number of nitrogen functional groups attached to an aromatic ring is 1. The van der Waals surface area contributed by atoms with Crippen molar-refractivity contribution in [1.82, 2.24) is 24.4 Å². The van der Waals surface area contributed by atoms with E-state index in [2.05, 4.69) is 15.0 Å². The summed E-state index contributed by atoms with van der Waals surface area (Å²) >= 11 is 0. The molecule has 5 aromatic rings. The number of ether oxygens (including phenoxy) is 3. The Morgan fingerprint density at radius 3 is 2.12 bits per heavy atom. The van der Waals surface area contributed by atoms with Crippen molar-refractivity contribution in [2.75, 3.05) is 25.4 Å². The maximum Gasteiger partial charge on any atom is 0.247 e. The summed E-state index contributed by atoms with van der Waals surface area (Å²) in [7, 11) is 0. The van der Waals surface area contributed by atoms with Gasteiger partial charge in [-0.2, -0.15) is 9.97 Å². The first-order valence-corrected chi connectivity index (χ1v) is 14.3. The number of nitrogens with two attached hydrogens (primary N) is 1. The molecule has 1 aliphatic heterocycles. The molecule has 3 heterocycles. The summed E-state index contributed by atoms with van der Waals surface area (Å²) in [4.78, 5) is 28.5. The summed E-state index contributed by atoms with van der Waals surface area (Å²) in [5, 5.41) is 0. The highest BCUT2D eigenvalue weighted by molar-refractivity contribution is 5.81. The summed E-state index contributed by atoms with van der Waals surface area (Å²) < 4.78 is 20.0. The van der Waals surface area contributed by atoms with Crippen molar-refractivity contribution in [2.24, 2.45) is 5.92 Å². The summed E-state index contributed by atoms with van der Waals surface area (Å²) in [6.45, 7) is 2.82. The maximum atomic E-state index is 13.6. The molecule has 1 amide bonds. The number of likely N-dealkylation sites (tertiary alicyclic amines) is 1. The normalized spacial score (nSPS) is 16.5. The number of amides is 1. The minimum atomic E-state index is -0.157. The van der Waals surface area contributed by atoms with E-state index in [1.807, 2.05) is 95.9 Å². The number of anilines is 1. The maximum absolute atomic E-state index is 13.6. The van der Waals surface area contributed by atoms with Crippen LogP contribution in [-0.2, 0) is 40.6 Å². The molecular formula is C33H34N6O4. The molecule has 43 heavy (non-hydrogen) atoms. The van der Waals surface area contributed by atoms with Gasteiger partial charge in [0.05, 0.1) is 32.3 Å². The van der Waals surface area contributed by atoms with Crippen LogP contribution in [0.3, 0.4) is 0 Å². The topological polar surface area (TPSA) is 118 Å². The summed E-state index contributed by atoms with van der Waals surface area (Å²) in [6, 6.07) is 29.9. The van der Waals surface area contributed by atoms with Crippen molar-refractivity contribution in [1.29, 1.82) is 0 Å². The molecule has 0 aliphatic carbocycles. The van der Waals surface area contributed by atoms with Crippen LogP contribution in [0.4, 0.5) is 5.95 Å². The third-order valence-corrected chi connectivity index (χ3v) is 7.46. The molecular weight excluding hydrogens is 544 g/mol. The van der Waals surface area contributed by atoms with E-state index in [0.29, 0.717) is 50.7 Å². The van der Waals surface area contributed by atoms with Gasteiger partial charge in [-0.25, -0.2) is 4.98 Å². The number of benzene rings is 3. The standard InChI is InChI=1S/C33H34N6O4/c34-33-36-31-30(32(37-33)43-21-26-14-8-3-9-15-26)35-23-39(31)18-29(40)38-16-27(22-41-19-24-10-4-1-5-11-24)28(17-38)42-20-25-12-6-2-7-13-25/h1-15,23,27-28H,16-22H2,(H2,34,36,37). The average molecular weight is 579 g/mol. The Morgan fingerprint density at radius 1 is 0.814 bits per heavy atom. The lowest BCUT2D eigenvalue weighted by Gasteiger charge is -2.19. The predicted molar refractivity (Wildman–Crippen MR) is 162 cm³/mol. The quantitative estimate of drug-likeness (QED) is 0.234. The van der Waals surface area contributed by atoms with Gasteiger partial charge in [0.15, 0.2) is 11.2 Å². The Hall–Kier alpha value is -4.80. The van der Waals surface area contributed by atoms with E-state index in [1.54, 1.807) is 10.9 Å². The molecule has 1 aliphatic rings. The average Bonchev–Trinajstić information content (AvgIpc) is 3.64. The molecule has 220 valence electrons. The highest BCUT2D eigenvalue weighted by Crippen LogP contribution is 2.25. The number of hydrogen-bond donors (Lipinski definition) is 1. The van der Waals surface area contributed by atoms with Crippen LogP contribution in [0, 0.1) is 5.92 Å². The van der Waals surface area contributed by atoms with Crippen LogP contribution < -0.4 is 10.5 Å². The van der Waals surface area contributed by atoms with Crippen molar-refractivity contribution in [2.45, 2.75) is 32.5 Å². The zero-order valence-corrected chi connectivity index (χ0v) is 23.8. The van der Waals surface area contributed by atoms with Crippen molar-refractivity contribution in [3.05, 3.63) is 114 Å². The fourth-order valence-corrected chi connectivity index (χ4v) is 5.20. The second-order valence-corrected chi connectivity index (χ2v) is 10.6. The Bertz CT molecular complexity index is 1630. The smallest absolute Gasteiger partial charge is 0.247 e. The molecule has 2 aromatic heterocycles. The Morgan fingerprint density at radius 2 is 1.44 bits per heavy atom. The number of carbonyl (C=O) groups excluding carboxylic acids is 1. The number of rotatable bonds is 12. The lowest BCUT2D eigenvalue weighted by molar-refractivity contribution is -0.131. The molecule has 2 unspecified atom stereocenters. The Balaban J connectivity index is 1.13. The number of aromatic nitrogens is 4. The molecule has 1 saturated heterocycles. The lowest BCUT2D eigenvalue weighted by Crippen LogP contribution is -2.33. The number of fused-ring (bicyclic) bond motifs is 1. The highest BCUT2D eigenvalue weighted by atomic mass is 16.5. The van der Waals surface area contributed by atoms with Gasteiger partial charge < -0.3 is 29.4 Å². The van der Waals surface area contributed by atoms with E-state index in [0.717, 1.165) is 16.7 Å². The molecule has 2 atom stereocenters. The fourth-order valence-electron chi connectivity index (χ4n) is 5.20. The van der Waals surface area contributed by atoms with E-state index in [1.165, 1.54) is 0 Å². The predicted octanol–water partition coefficient (Wildman–Crippen LogP) is 4.25. The van der Waals surface area contributed by atoms with Gasteiger partial charge in [-0.05, 0) is 16.7 Å². The Labute approximate surface area is 250 Å². The number of imidazole rings is 1. The van der Waals surface area contributed by atoms with Crippen LogP contribution >= 0.6 is 0 Å². The molecule has 0 radical (unpaired) electrons. The van der Waals surface area contributed by atoms with Crippen molar-refractivity contribution < 1.29 is 19.0 Å². The summed E-state index contributed by atoms with van der Waals surface area (Å²) in [6.07, 6.45) is 1.42. The van der Waals surface area contributed by atoms with Crippen molar-refractivity contribution >= 4 is 23.0 Å². The minimum absolute atomic E-state index is 0.0341. The molecule has 1 fully saturated rings. The molecule has 2 N–H and O–H groups in total. The van der Waals surface area contributed by atoms with Gasteiger partial charge in [0.25, 0.3) is 0 Å². The van der Waals surface area contributed by atoms with Crippen LogP contribution in [0.5, 0.6) is 5.88 Å². The highest BCUT2D eigenvalue weighted by Gasteiger charge is 2.36. The van der Waals surface area contributed by atoms with E-state index >= 15 is 0 Å². The largest absolute Gasteiger partial charge is 0.471 e. The number of hydrogen-bond acceptors (Lipinski definition) is 8. The summed E-state index contributed by atoms with van der Waals surface area (Å²) in [5.74, 6) is 0.300. The monoisotopic (exact) mass is 578 g/mol. The summed E-state index contributed by atoms with van der Waals surface area (Å²) in [5.41, 5.74) is 10.1. The van der Waals surface area contributed by atoms with E-state index in [9.17, 15) is 4.79 Å². The van der Waals surface area contributed by atoms with Crippen LogP contribution in [0.1, 0.15) is 16.7 Å². The first-order valence-electron chi connectivity index (χ1n) is 14.3. The van der Waals surface area contributed by atoms with Crippen LogP contribution in [0.15, 0.2) is 97.3 Å². The van der Waals surface area contributed by atoms with Gasteiger partial charge in [-0.3, -0.25) is 4.79 Å². The van der Waals surface area contributed by atoms with Gasteiger partial charge in [-0.15, -0.1) is 0 Å². The molecule has 6 rings (SSSR count). The number of carbonyl (C=O) groups is 1. The zero-order valence-electron chi connectivity index (χ0n) is 23.8. The second kappa shape index (κ2) is 13.5. The van der Waals surface area contributed by atoms with Gasteiger partial charge in [-0.1, -0.05) is 91.0 Å². The van der Waals surface area contributed by atoms with Crippen molar-refractivity contribution in [3.8, 4) is 5.88 Å². The number of nitrogens with zero attached hydrogens (tertiary/aromatic N) is 5. The molecule has 0 bridgehead atoms. The van der Waals surface area contributed by atoms with Gasteiger partial charge in [0.2, 0.25) is 17.7 Å². The Kier molecular flexibility index (Phi) is 8.86. The molecule has 0 saturated carbocycles. The van der Waals surface area contributed by atoms with Crippen LogP contribution in [-0.4, -0.2) is 56.1 Å². The third-order valence-electron chi connectivity index (χ3n) is 7.46. The molecule has 10 heteroatoms. The minimum Gasteiger partial charge on any atom is -0.471 e. The third kappa shape index (κ3) is 7.17. The first-order chi connectivity index (χ1) is 21.1. The van der Waals surface area contributed by atoms with Crippen LogP contribution in [0.2, 0.25) is 0 Å². The second-order valence-electron chi connectivity index (χ2n) is 10.6. The van der Waals surface area contributed by atoms with Gasteiger partial charge in [0.1, 0.15) is 13.2 Å². The van der Waals surface area contributed by atoms with E-state index < -0.39 is 0 Å². The molecule has 10 nitrogen and oxygen atoms in total. The van der Waals surface area contributed by atoms with Gasteiger partial charge in [0, 0.05) is 19.0 Å². The van der Waals surface area contributed by atoms with E-state index in [-0.39, 0.29) is 36.3 Å².